The van der Waals surface area contributed by atoms with E-state index in [9.17, 15) is 13.6 Å². The van der Waals surface area contributed by atoms with Gasteiger partial charge in [-0.25, -0.2) is 9.78 Å². The molecule has 305 valence electrons. The van der Waals surface area contributed by atoms with Crippen molar-refractivity contribution in [1.82, 2.24) is 24.9 Å². The second-order valence-electron chi connectivity index (χ2n) is 11.7. The van der Waals surface area contributed by atoms with Gasteiger partial charge in [-0.1, -0.05) is 66.2 Å². The first kappa shape index (κ1) is 48.6. The van der Waals surface area contributed by atoms with Gasteiger partial charge in [0.2, 0.25) is 0 Å². The van der Waals surface area contributed by atoms with Crippen LogP contribution in [0.25, 0.3) is 45.0 Å². The molecule has 0 atom stereocenters. The Morgan fingerprint density at radius 2 is 0.820 bits per heavy atom. The third-order valence-electron chi connectivity index (χ3n) is 7.61. The zero-order chi connectivity index (χ0) is 41.3. The maximum Gasteiger partial charge on any atom is 3.00 e. The second kappa shape index (κ2) is 27.9. The molecule has 0 aliphatic heterocycles. The molecular formula is C50H35F2Ir2N5O2-. The van der Waals surface area contributed by atoms with Gasteiger partial charge in [0, 0.05) is 62.7 Å². The third-order valence-corrected chi connectivity index (χ3v) is 7.61. The Morgan fingerprint density at radius 1 is 0.459 bits per heavy atom. The molecule has 5 heterocycles. The summed E-state index contributed by atoms with van der Waals surface area (Å²) in [6.07, 6.45) is 8.36. The first-order valence-electron chi connectivity index (χ1n) is 18.0. The van der Waals surface area contributed by atoms with Crippen molar-refractivity contribution in [3.8, 4) is 45.0 Å². The number of carboxylic acid groups (broad SMARTS) is 1. The van der Waals surface area contributed by atoms with Gasteiger partial charge in [0.1, 0.15) is 5.69 Å². The first-order valence-corrected chi connectivity index (χ1v) is 18.0. The van der Waals surface area contributed by atoms with E-state index in [0.29, 0.717) is 5.69 Å². The molecular weight excluding hydrogens is 1130 g/mol. The van der Waals surface area contributed by atoms with Gasteiger partial charge in [0.05, 0.1) is 0 Å². The van der Waals surface area contributed by atoms with Gasteiger partial charge in [-0.05, 0) is 59.2 Å². The molecule has 9 rings (SSSR count). The fraction of sp³-hybridized carbons (Fsp3) is 0. The minimum atomic E-state index is -0.990. The number of nitrogens with zero attached hydrogens (tertiary/aromatic N) is 5. The van der Waals surface area contributed by atoms with E-state index in [1.807, 2.05) is 127 Å². The van der Waals surface area contributed by atoms with Crippen molar-refractivity contribution < 1.29 is 58.9 Å². The summed E-state index contributed by atoms with van der Waals surface area (Å²) in [5.74, 6) is -2.28. The third kappa shape index (κ3) is 17.2. The van der Waals surface area contributed by atoms with E-state index in [4.69, 9.17) is 5.11 Å². The summed E-state index contributed by atoms with van der Waals surface area (Å²) in [4.78, 5) is 30.3. The van der Waals surface area contributed by atoms with E-state index in [1.54, 1.807) is 55.1 Å². The molecule has 0 bridgehead atoms. The second-order valence-corrected chi connectivity index (χ2v) is 11.7. The van der Waals surface area contributed by atoms with Crippen LogP contribution in [0.4, 0.5) is 8.78 Å². The van der Waals surface area contributed by atoms with E-state index >= 15 is 0 Å². The van der Waals surface area contributed by atoms with E-state index < -0.39 is 17.6 Å². The molecule has 4 aromatic carbocycles. The largest absolute Gasteiger partial charge is 3.00 e. The average Bonchev–Trinajstić information content (AvgIpc) is 3.32. The monoisotopic (exact) mass is 1160 g/mol. The molecule has 9 aromatic rings. The maximum atomic E-state index is 13.2. The Balaban J connectivity index is 0.000000203. The van der Waals surface area contributed by atoms with Crippen LogP contribution in [0.2, 0.25) is 0 Å². The molecule has 0 fully saturated rings. The Labute approximate surface area is 381 Å². The number of carboxylic acids is 1. The number of halogens is 2. The van der Waals surface area contributed by atoms with Crippen LogP contribution >= 0.6 is 0 Å². The average molecular weight is 1160 g/mol. The van der Waals surface area contributed by atoms with Crippen LogP contribution in [0, 0.1) is 35.9 Å². The van der Waals surface area contributed by atoms with Crippen molar-refractivity contribution in [1.29, 1.82) is 0 Å². The van der Waals surface area contributed by atoms with E-state index in [2.05, 4.69) is 49.2 Å². The van der Waals surface area contributed by atoms with E-state index in [-0.39, 0.29) is 51.5 Å². The van der Waals surface area contributed by atoms with Gasteiger partial charge in [-0.3, -0.25) is 8.78 Å². The molecule has 11 heteroatoms. The normalized spacial score (nSPS) is 9.34. The zero-order valence-corrected chi connectivity index (χ0v) is 36.9. The van der Waals surface area contributed by atoms with Crippen molar-refractivity contribution in [3.05, 3.63) is 249 Å². The summed E-state index contributed by atoms with van der Waals surface area (Å²) in [6, 6.07) is 64.7. The van der Waals surface area contributed by atoms with Gasteiger partial charge in [0.15, 0.2) is 0 Å². The van der Waals surface area contributed by atoms with Crippen molar-refractivity contribution in [2.24, 2.45) is 0 Å². The van der Waals surface area contributed by atoms with Crippen LogP contribution in [0.3, 0.4) is 0 Å². The number of aromatic carboxylic acids is 1. The number of aromatic nitrogens is 5. The number of hydrogen-bond acceptors (Lipinski definition) is 6. The maximum absolute atomic E-state index is 13.2. The van der Waals surface area contributed by atoms with Crippen LogP contribution in [0.15, 0.2) is 207 Å². The Bertz CT molecular complexity index is 2230. The molecule has 0 saturated carbocycles. The van der Waals surface area contributed by atoms with Crippen molar-refractivity contribution >= 4 is 5.97 Å². The van der Waals surface area contributed by atoms with Gasteiger partial charge in [-0.15, -0.1) is 120 Å². The summed E-state index contributed by atoms with van der Waals surface area (Å²) in [5.41, 5.74) is 6.75. The minimum Gasteiger partial charge on any atom is -0.477 e. The first-order chi connectivity index (χ1) is 29.0. The molecule has 7 nitrogen and oxygen atoms in total. The van der Waals surface area contributed by atoms with Crippen LogP contribution in [0.1, 0.15) is 10.5 Å². The number of carbonyl (C=O) groups is 1. The van der Waals surface area contributed by atoms with Gasteiger partial charge in [-0.2, -0.15) is 0 Å². The molecule has 0 aliphatic rings. The summed E-state index contributed by atoms with van der Waals surface area (Å²) in [7, 11) is 0. The van der Waals surface area contributed by atoms with Crippen molar-refractivity contribution in [2.75, 3.05) is 0 Å². The number of rotatable bonds is 5. The van der Waals surface area contributed by atoms with Crippen LogP contribution in [0.5, 0.6) is 0 Å². The van der Waals surface area contributed by atoms with E-state index in [1.165, 1.54) is 12.3 Å². The Morgan fingerprint density at radius 3 is 1.10 bits per heavy atom. The summed E-state index contributed by atoms with van der Waals surface area (Å²) in [6.45, 7) is 0. The fourth-order valence-corrected chi connectivity index (χ4v) is 4.87. The Kier molecular flexibility index (Phi) is 22.2. The van der Waals surface area contributed by atoms with Crippen LogP contribution in [-0.4, -0.2) is 36.0 Å². The minimum absolute atomic E-state index is 0. The van der Waals surface area contributed by atoms with Crippen molar-refractivity contribution in [2.45, 2.75) is 0 Å². The summed E-state index contributed by atoms with van der Waals surface area (Å²) < 4.78 is 25.8. The fourth-order valence-electron chi connectivity index (χ4n) is 4.87. The van der Waals surface area contributed by atoms with E-state index in [0.717, 1.165) is 45.9 Å². The molecule has 1 N–H and O–H groups in total. The van der Waals surface area contributed by atoms with Crippen LogP contribution in [-0.2, 0) is 40.2 Å². The number of hydrogen-bond donors (Lipinski definition) is 1. The standard InChI is InChI=1S/C11H6F2N.3C11H8N.C6H5NO2.2Ir/c12-8-4-5-9(10(13)7-8)11-3-1-2-6-14-11;3*1-2-6-10(7-3-1)11-8-4-5-9-12-11;8-6(9)5-3-1-2-4-7-5;;/h1-4,6-7H;3*1-6,8-9H;1-4H,(H,8,9);;/q4*-1;;;+3. The quantitative estimate of drug-likeness (QED) is 0.171. The smallest absolute Gasteiger partial charge is 0.477 e. The predicted molar refractivity (Wildman–Crippen MR) is 225 cm³/mol. The van der Waals surface area contributed by atoms with Gasteiger partial charge >= 0.3 is 26.1 Å². The van der Waals surface area contributed by atoms with Crippen molar-refractivity contribution in [3.63, 3.8) is 0 Å². The number of pyridine rings is 5. The summed E-state index contributed by atoms with van der Waals surface area (Å²) in [5, 5.41) is 8.32. The molecule has 0 unspecified atom stereocenters. The molecule has 61 heavy (non-hydrogen) atoms. The number of benzene rings is 4. The SMILES string of the molecule is Fc1c[c-]c(-c2ccccn2)c(F)c1.O=C(O)c1ccccn1.[Ir+3].[Ir].[c-]1ccccc1-c1ccccn1.[c-]1ccccc1-c1ccccn1.[c-]1ccccc1-c1ccccn1. The van der Waals surface area contributed by atoms with Gasteiger partial charge in [0.25, 0.3) is 0 Å². The Hall–Kier alpha value is -6.74. The molecule has 5 aromatic heterocycles. The molecule has 0 amide bonds. The van der Waals surface area contributed by atoms with Crippen LogP contribution < -0.4 is 0 Å². The molecule has 0 spiro atoms. The predicted octanol–water partition coefficient (Wildman–Crippen LogP) is 11.2. The van der Waals surface area contributed by atoms with Gasteiger partial charge < -0.3 is 25.0 Å². The summed E-state index contributed by atoms with van der Waals surface area (Å²) >= 11 is 0. The molecule has 0 aliphatic carbocycles. The zero-order valence-electron chi connectivity index (χ0n) is 32.1. The molecule has 1 radical (unpaired) electrons. The topological polar surface area (TPSA) is 102 Å². The molecule has 0 saturated heterocycles.